The largest absolute Gasteiger partial charge is 0.399 e. The number of aromatic nitrogens is 3. The second kappa shape index (κ2) is 6.85. The predicted octanol–water partition coefficient (Wildman–Crippen LogP) is 0.851. The topological polar surface area (TPSA) is 95.1 Å². The van der Waals surface area contributed by atoms with Crippen molar-refractivity contribution in [3.05, 3.63) is 30.6 Å². The summed E-state index contributed by atoms with van der Waals surface area (Å²) < 4.78 is 6.43. The number of nitrogens with two attached hydrogens (primary N) is 1. The third-order valence-corrected chi connectivity index (χ3v) is 3.06. The Labute approximate surface area is 123 Å². The molecule has 0 radical (unpaired) electrons. The molecule has 1 aromatic carbocycles. The van der Waals surface area contributed by atoms with Gasteiger partial charge in [-0.05, 0) is 31.2 Å². The number of nitrogen functional groups attached to an aromatic ring is 1. The number of hydrogen-bond acceptors (Lipinski definition) is 5. The van der Waals surface area contributed by atoms with Crippen molar-refractivity contribution in [2.24, 2.45) is 0 Å². The third kappa shape index (κ3) is 3.79. The Balaban J connectivity index is 2.05. The molecule has 0 bridgehead atoms. The molecule has 112 valence electrons. The molecule has 0 saturated carbocycles. The summed E-state index contributed by atoms with van der Waals surface area (Å²) >= 11 is 0. The van der Waals surface area contributed by atoms with Crippen molar-refractivity contribution in [1.29, 1.82) is 0 Å². The van der Waals surface area contributed by atoms with E-state index < -0.39 is 6.04 Å². The Kier molecular flexibility index (Phi) is 4.89. The first-order valence-electron chi connectivity index (χ1n) is 6.65. The molecule has 0 fully saturated rings. The normalized spacial score (nSPS) is 12.1. The lowest BCUT2D eigenvalue weighted by Crippen LogP contribution is -2.33. The predicted molar refractivity (Wildman–Crippen MR) is 79.5 cm³/mol. The summed E-state index contributed by atoms with van der Waals surface area (Å²) in [6, 6.07) is 6.83. The van der Waals surface area contributed by atoms with Crippen LogP contribution in [-0.2, 0) is 9.53 Å². The van der Waals surface area contributed by atoms with Gasteiger partial charge < -0.3 is 15.8 Å². The maximum Gasteiger partial charge on any atom is 0.244 e. The standard InChI is InChI=1S/C14H19N5O2/c1-10(14(20)16-7-8-21-2)19-9-17-13(18-19)11-3-5-12(15)6-4-11/h3-6,9-10H,7-8,15H2,1-2H3,(H,16,20). The molecule has 2 aromatic rings. The molecule has 7 nitrogen and oxygen atoms in total. The smallest absolute Gasteiger partial charge is 0.244 e. The van der Waals surface area contributed by atoms with Crippen LogP contribution in [0.15, 0.2) is 30.6 Å². The van der Waals surface area contributed by atoms with Crippen LogP contribution in [0, 0.1) is 0 Å². The lowest BCUT2D eigenvalue weighted by Gasteiger charge is -2.11. The molecule has 1 amide bonds. The van der Waals surface area contributed by atoms with Gasteiger partial charge in [-0.2, -0.15) is 5.10 Å². The van der Waals surface area contributed by atoms with Crippen molar-refractivity contribution < 1.29 is 9.53 Å². The molecule has 1 atom stereocenters. The summed E-state index contributed by atoms with van der Waals surface area (Å²) in [5.74, 6) is 0.437. The van der Waals surface area contributed by atoms with Crippen molar-refractivity contribution in [3.8, 4) is 11.4 Å². The van der Waals surface area contributed by atoms with Crippen molar-refractivity contribution in [2.45, 2.75) is 13.0 Å². The zero-order chi connectivity index (χ0) is 15.2. The zero-order valence-electron chi connectivity index (χ0n) is 12.1. The van der Waals surface area contributed by atoms with Crippen LogP contribution in [0.4, 0.5) is 5.69 Å². The van der Waals surface area contributed by atoms with Gasteiger partial charge in [0.1, 0.15) is 12.4 Å². The summed E-state index contributed by atoms with van der Waals surface area (Å²) in [4.78, 5) is 16.2. The number of rotatable bonds is 6. The third-order valence-electron chi connectivity index (χ3n) is 3.06. The van der Waals surface area contributed by atoms with E-state index in [1.54, 1.807) is 32.5 Å². The maximum absolute atomic E-state index is 11.9. The molecule has 1 unspecified atom stereocenters. The van der Waals surface area contributed by atoms with Crippen LogP contribution in [0.25, 0.3) is 11.4 Å². The number of carbonyl (C=O) groups excluding carboxylic acids is 1. The second-order valence-electron chi connectivity index (χ2n) is 4.63. The van der Waals surface area contributed by atoms with Gasteiger partial charge in [-0.1, -0.05) is 0 Å². The highest BCUT2D eigenvalue weighted by molar-refractivity contribution is 5.79. The summed E-state index contributed by atoms with van der Waals surface area (Å²) in [6.07, 6.45) is 1.55. The Morgan fingerprint density at radius 1 is 1.43 bits per heavy atom. The second-order valence-corrected chi connectivity index (χ2v) is 4.63. The van der Waals surface area contributed by atoms with E-state index in [9.17, 15) is 4.79 Å². The van der Waals surface area contributed by atoms with Gasteiger partial charge in [0, 0.05) is 24.9 Å². The molecule has 1 aromatic heterocycles. The van der Waals surface area contributed by atoms with Crippen molar-refractivity contribution in [2.75, 3.05) is 26.0 Å². The SMILES string of the molecule is COCCNC(=O)C(C)n1cnc(-c2ccc(N)cc2)n1. The van der Waals surface area contributed by atoms with Crippen LogP contribution in [0.2, 0.25) is 0 Å². The highest BCUT2D eigenvalue weighted by atomic mass is 16.5. The number of hydrogen-bond donors (Lipinski definition) is 2. The Morgan fingerprint density at radius 2 is 2.14 bits per heavy atom. The molecule has 21 heavy (non-hydrogen) atoms. The first-order chi connectivity index (χ1) is 10.1. The Bertz CT molecular complexity index is 594. The minimum atomic E-state index is -0.433. The van der Waals surface area contributed by atoms with Gasteiger partial charge in [0.25, 0.3) is 0 Å². The van der Waals surface area contributed by atoms with E-state index >= 15 is 0 Å². The number of ether oxygens (including phenoxy) is 1. The Hall–Kier alpha value is -2.41. The Morgan fingerprint density at radius 3 is 2.81 bits per heavy atom. The van der Waals surface area contributed by atoms with Crippen molar-refractivity contribution in [1.82, 2.24) is 20.1 Å². The molecule has 1 heterocycles. The number of methoxy groups -OCH3 is 1. The molecule has 0 saturated heterocycles. The van der Waals surface area contributed by atoms with Gasteiger partial charge in [0.15, 0.2) is 5.82 Å². The number of carbonyl (C=O) groups is 1. The molecule has 0 aliphatic heterocycles. The first kappa shape index (κ1) is 15.0. The highest BCUT2D eigenvalue weighted by Gasteiger charge is 2.16. The van der Waals surface area contributed by atoms with Gasteiger partial charge in [-0.3, -0.25) is 4.79 Å². The highest BCUT2D eigenvalue weighted by Crippen LogP contribution is 2.17. The van der Waals surface area contributed by atoms with Crippen LogP contribution in [0.5, 0.6) is 0 Å². The van der Waals surface area contributed by atoms with Crippen molar-refractivity contribution >= 4 is 11.6 Å². The van der Waals surface area contributed by atoms with E-state index in [-0.39, 0.29) is 5.91 Å². The van der Waals surface area contributed by atoms with Crippen molar-refractivity contribution in [3.63, 3.8) is 0 Å². The lowest BCUT2D eigenvalue weighted by molar-refractivity contribution is -0.124. The quantitative estimate of drug-likeness (QED) is 0.607. The van der Waals surface area contributed by atoms with E-state index in [0.717, 1.165) is 5.56 Å². The van der Waals surface area contributed by atoms with Crippen LogP contribution in [-0.4, -0.2) is 40.9 Å². The number of amides is 1. The fourth-order valence-corrected chi connectivity index (χ4v) is 1.77. The molecular weight excluding hydrogens is 270 g/mol. The van der Waals surface area contributed by atoms with Crippen LogP contribution >= 0.6 is 0 Å². The molecule has 3 N–H and O–H groups in total. The molecule has 0 spiro atoms. The zero-order valence-corrected chi connectivity index (χ0v) is 12.1. The van der Waals surface area contributed by atoms with Crippen LogP contribution in [0.3, 0.4) is 0 Å². The molecular formula is C14H19N5O2. The van der Waals surface area contributed by atoms with Gasteiger partial charge >= 0.3 is 0 Å². The van der Waals surface area contributed by atoms with E-state index in [1.165, 1.54) is 4.68 Å². The average molecular weight is 289 g/mol. The molecule has 0 aliphatic rings. The van der Waals surface area contributed by atoms with Gasteiger partial charge in [-0.25, -0.2) is 9.67 Å². The lowest BCUT2D eigenvalue weighted by atomic mass is 10.2. The molecule has 2 rings (SSSR count). The maximum atomic E-state index is 11.9. The van der Waals surface area contributed by atoms with E-state index in [0.29, 0.717) is 24.7 Å². The van der Waals surface area contributed by atoms with Crippen LogP contribution in [0.1, 0.15) is 13.0 Å². The summed E-state index contributed by atoms with van der Waals surface area (Å²) in [5, 5.41) is 7.10. The summed E-state index contributed by atoms with van der Waals surface area (Å²) in [6.45, 7) is 2.72. The average Bonchev–Trinajstić information content (AvgIpc) is 2.97. The van der Waals surface area contributed by atoms with E-state index in [4.69, 9.17) is 10.5 Å². The van der Waals surface area contributed by atoms with Crippen LogP contribution < -0.4 is 11.1 Å². The molecule has 0 aliphatic carbocycles. The number of nitrogens with one attached hydrogen (secondary N) is 1. The van der Waals surface area contributed by atoms with Gasteiger partial charge in [0.05, 0.1) is 6.61 Å². The van der Waals surface area contributed by atoms with E-state index in [1.807, 2.05) is 12.1 Å². The van der Waals surface area contributed by atoms with E-state index in [2.05, 4.69) is 15.4 Å². The summed E-state index contributed by atoms with van der Waals surface area (Å²) in [5.41, 5.74) is 7.19. The summed E-state index contributed by atoms with van der Waals surface area (Å²) in [7, 11) is 1.59. The number of benzene rings is 1. The number of nitrogens with zero attached hydrogens (tertiary/aromatic N) is 3. The van der Waals surface area contributed by atoms with Gasteiger partial charge in [-0.15, -0.1) is 0 Å². The number of anilines is 1. The minimum Gasteiger partial charge on any atom is -0.399 e. The van der Waals surface area contributed by atoms with Gasteiger partial charge in [0.2, 0.25) is 5.91 Å². The monoisotopic (exact) mass is 289 g/mol. The fourth-order valence-electron chi connectivity index (χ4n) is 1.77. The fraction of sp³-hybridized carbons (Fsp3) is 0.357. The molecule has 7 heteroatoms. The first-order valence-corrected chi connectivity index (χ1v) is 6.65. The minimum absolute atomic E-state index is 0.124.